The van der Waals surface area contributed by atoms with Gasteiger partial charge in [-0.15, -0.1) is 0 Å². The molecule has 1 amide bonds. The summed E-state index contributed by atoms with van der Waals surface area (Å²) in [6.45, 7) is 5.87. The molecule has 1 N–H and O–H groups in total. The highest BCUT2D eigenvalue weighted by molar-refractivity contribution is 5.74. The molecule has 1 aromatic heterocycles. The minimum absolute atomic E-state index is 0.114. The van der Waals surface area contributed by atoms with Crippen molar-refractivity contribution in [3.8, 4) is 0 Å². The van der Waals surface area contributed by atoms with Crippen LogP contribution < -0.4 is 11.0 Å². The van der Waals surface area contributed by atoms with Crippen molar-refractivity contribution in [3.05, 3.63) is 34.7 Å². The maximum absolute atomic E-state index is 11.4. The van der Waals surface area contributed by atoms with E-state index in [1.54, 1.807) is 18.3 Å². The van der Waals surface area contributed by atoms with E-state index in [1.807, 2.05) is 20.8 Å². The van der Waals surface area contributed by atoms with Gasteiger partial charge in [0.25, 0.3) is 5.56 Å². The number of aryl methyl sites for hydroxylation is 1. The minimum atomic E-state index is -0.417. The molecule has 0 unspecified atom stereocenters. The zero-order valence-corrected chi connectivity index (χ0v) is 10.4. The summed E-state index contributed by atoms with van der Waals surface area (Å²) >= 11 is 0. The van der Waals surface area contributed by atoms with Gasteiger partial charge in [-0.1, -0.05) is 6.07 Å². The second kappa shape index (κ2) is 5.63. The fourth-order valence-electron chi connectivity index (χ4n) is 1.13. The average Bonchev–Trinajstić information content (AvgIpc) is 2.24. The molecule has 0 saturated heterocycles. The van der Waals surface area contributed by atoms with Crippen LogP contribution in [0, 0.1) is 0 Å². The number of aromatic nitrogens is 1. The van der Waals surface area contributed by atoms with Crippen molar-refractivity contribution in [3.63, 3.8) is 0 Å². The van der Waals surface area contributed by atoms with Crippen LogP contribution in [-0.2, 0) is 16.2 Å². The Kier molecular flexibility index (Phi) is 4.45. The molecular formula is C12H18N2O3. The number of pyridine rings is 1. The maximum atomic E-state index is 11.4. The Labute approximate surface area is 100 Å². The monoisotopic (exact) mass is 238 g/mol. The number of rotatable bonds is 4. The van der Waals surface area contributed by atoms with Gasteiger partial charge in [-0.3, -0.25) is 14.4 Å². The largest absolute Gasteiger partial charge is 0.315 e. The van der Waals surface area contributed by atoms with E-state index in [9.17, 15) is 9.59 Å². The molecule has 0 atom stereocenters. The van der Waals surface area contributed by atoms with Crippen LogP contribution in [0.25, 0.3) is 0 Å². The number of carbonyl (C=O) groups is 1. The van der Waals surface area contributed by atoms with E-state index in [-0.39, 0.29) is 17.9 Å². The molecule has 1 heterocycles. The zero-order valence-electron chi connectivity index (χ0n) is 10.4. The normalized spacial score (nSPS) is 11.2. The van der Waals surface area contributed by atoms with Crippen LogP contribution >= 0.6 is 0 Å². The van der Waals surface area contributed by atoms with Crippen LogP contribution in [-0.4, -0.2) is 16.1 Å². The third kappa shape index (κ3) is 5.31. The molecular weight excluding hydrogens is 220 g/mol. The van der Waals surface area contributed by atoms with Crippen LogP contribution in [0.5, 0.6) is 0 Å². The smallest absolute Gasteiger partial charge is 0.250 e. The topological polar surface area (TPSA) is 60.3 Å². The van der Waals surface area contributed by atoms with E-state index in [4.69, 9.17) is 4.84 Å². The molecule has 1 rings (SSSR count). The summed E-state index contributed by atoms with van der Waals surface area (Å²) in [5.74, 6) is -0.240. The predicted molar refractivity (Wildman–Crippen MR) is 64.3 cm³/mol. The molecule has 0 aliphatic rings. The van der Waals surface area contributed by atoms with Crippen molar-refractivity contribution in [2.75, 3.05) is 0 Å². The lowest BCUT2D eigenvalue weighted by atomic mass is 10.2. The van der Waals surface area contributed by atoms with Crippen LogP contribution in [0.3, 0.4) is 0 Å². The Balaban J connectivity index is 2.39. The Morgan fingerprint density at radius 3 is 2.71 bits per heavy atom. The Bertz CT molecular complexity index is 432. The second-order valence-corrected chi connectivity index (χ2v) is 4.72. The third-order valence-corrected chi connectivity index (χ3v) is 1.95. The molecule has 17 heavy (non-hydrogen) atoms. The van der Waals surface area contributed by atoms with Gasteiger partial charge in [0.2, 0.25) is 5.91 Å². The predicted octanol–water partition coefficient (Wildman–Crippen LogP) is 1.08. The molecule has 0 aliphatic heterocycles. The third-order valence-electron chi connectivity index (χ3n) is 1.95. The highest BCUT2D eigenvalue weighted by atomic mass is 16.7. The van der Waals surface area contributed by atoms with Crippen molar-refractivity contribution >= 4 is 5.91 Å². The number of amides is 1. The van der Waals surface area contributed by atoms with Crippen molar-refractivity contribution in [2.45, 2.75) is 39.3 Å². The van der Waals surface area contributed by atoms with Crippen LogP contribution in [0.15, 0.2) is 29.2 Å². The quantitative estimate of drug-likeness (QED) is 0.799. The average molecular weight is 238 g/mol. The van der Waals surface area contributed by atoms with E-state index < -0.39 is 5.60 Å². The fourth-order valence-corrected chi connectivity index (χ4v) is 1.13. The van der Waals surface area contributed by atoms with E-state index in [2.05, 4.69) is 5.48 Å². The Morgan fingerprint density at radius 2 is 2.12 bits per heavy atom. The van der Waals surface area contributed by atoms with Crippen LogP contribution in [0.4, 0.5) is 0 Å². The summed E-state index contributed by atoms with van der Waals surface area (Å²) in [6, 6.07) is 4.89. The number of hydrogen-bond donors (Lipinski definition) is 1. The van der Waals surface area contributed by atoms with Gasteiger partial charge in [0.05, 0.1) is 5.60 Å². The Morgan fingerprint density at radius 1 is 1.41 bits per heavy atom. The van der Waals surface area contributed by atoms with Crippen molar-refractivity contribution in [2.24, 2.45) is 0 Å². The molecule has 0 bridgehead atoms. The lowest BCUT2D eigenvalue weighted by Gasteiger charge is -2.18. The summed E-state index contributed by atoms with van der Waals surface area (Å²) in [5, 5.41) is 0. The zero-order chi connectivity index (χ0) is 12.9. The highest BCUT2D eigenvalue weighted by Crippen LogP contribution is 2.03. The van der Waals surface area contributed by atoms with Crippen molar-refractivity contribution in [1.29, 1.82) is 0 Å². The first-order valence-electron chi connectivity index (χ1n) is 5.51. The number of hydrogen-bond acceptors (Lipinski definition) is 3. The van der Waals surface area contributed by atoms with Gasteiger partial charge in [0, 0.05) is 25.2 Å². The van der Waals surface area contributed by atoms with Gasteiger partial charge in [0.1, 0.15) is 0 Å². The van der Waals surface area contributed by atoms with E-state index in [0.717, 1.165) is 0 Å². The summed E-state index contributed by atoms with van der Waals surface area (Å²) in [5.41, 5.74) is 1.83. The molecule has 0 saturated carbocycles. The summed E-state index contributed by atoms with van der Waals surface area (Å²) in [7, 11) is 0. The highest BCUT2D eigenvalue weighted by Gasteiger charge is 2.12. The van der Waals surface area contributed by atoms with Crippen LogP contribution in [0.1, 0.15) is 27.2 Å². The molecule has 0 aliphatic carbocycles. The molecule has 0 radical (unpaired) electrons. The molecule has 1 aromatic rings. The van der Waals surface area contributed by atoms with Gasteiger partial charge < -0.3 is 4.57 Å². The molecule has 0 spiro atoms. The number of nitrogens with zero attached hydrogens (tertiary/aromatic N) is 1. The van der Waals surface area contributed by atoms with Gasteiger partial charge in [-0.25, -0.2) is 5.48 Å². The molecule has 0 fully saturated rings. The van der Waals surface area contributed by atoms with Gasteiger partial charge >= 0.3 is 0 Å². The molecule has 5 nitrogen and oxygen atoms in total. The lowest BCUT2D eigenvalue weighted by molar-refractivity contribution is -0.145. The SMILES string of the molecule is CC(C)(C)ONC(=O)CCn1ccccc1=O. The van der Waals surface area contributed by atoms with Gasteiger partial charge in [-0.05, 0) is 26.8 Å². The fraction of sp³-hybridized carbons (Fsp3) is 0.500. The van der Waals surface area contributed by atoms with Crippen molar-refractivity contribution in [1.82, 2.24) is 10.0 Å². The first-order chi connectivity index (χ1) is 7.88. The number of hydroxylamine groups is 1. The first-order valence-corrected chi connectivity index (χ1v) is 5.51. The van der Waals surface area contributed by atoms with Gasteiger partial charge in [-0.2, -0.15) is 0 Å². The second-order valence-electron chi connectivity index (χ2n) is 4.72. The number of carbonyl (C=O) groups excluding carboxylic acids is 1. The van der Waals surface area contributed by atoms with Crippen LogP contribution in [0.2, 0.25) is 0 Å². The summed E-state index contributed by atoms with van der Waals surface area (Å²) in [6.07, 6.45) is 1.86. The van der Waals surface area contributed by atoms with Crippen molar-refractivity contribution < 1.29 is 9.63 Å². The minimum Gasteiger partial charge on any atom is -0.315 e. The summed E-state index contributed by atoms with van der Waals surface area (Å²) in [4.78, 5) is 27.9. The summed E-state index contributed by atoms with van der Waals surface area (Å²) < 4.78 is 1.48. The molecule has 0 aromatic carbocycles. The van der Waals surface area contributed by atoms with E-state index >= 15 is 0 Å². The first kappa shape index (κ1) is 13.4. The Hall–Kier alpha value is -1.62. The standard InChI is InChI=1S/C12H18N2O3/c1-12(2,3)17-13-10(15)7-9-14-8-5-4-6-11(14)16/h4-6,8H,7,9H2,1-3H3,(H,13,15). The lowest BCUT2D eigenvalue weighted by Crippen LogP contribution is -2.34. The molecule has 94 valence electrons. The molecule has 5 heteroatoms. The van der Waals surface area contributed by atoms with Gasteiger partial charge in [0.15, 0.2) is 0 Å². The maximum Gasteiger partial charge on any atom is 0.250 e. The number of nitrogens with one attached hydrogen (secondary N) is 1. The van der Waals surface area contributed by atoms with E-state index in [0.29, 0.717) is 6.54 Å². The van der Waals surface area contributed by atoms with E-state index in [1.165, 1.54) is 10.6 Å².